The number of likely N-dealkylation sites (N-methyl/N-ethyl adjacent to an activating group) is 3. The van der Waals surface area contributed by atoms with Crippen LogP contribution in [0.5, 0.6) is 5.75 Å². The van der Waals surface area contributed by atoms with Crippen LogP contribution in [0.3, 0.4) is 0 Å². The van der Waals surface area contributed by atoms with Crippen LogP contribution in [0.4, 0.5) is 0 Å². The van der Waals surface area contributed by atoms with Gasteiger partial charge in [-0.15, -0.1) is 11.8 Å². The van der Waals surface area contributed by atoms with Crippen molar-refractivity contribution in [3.05, 3.63) is 102 Å². The van der Waals surface area contributed by atoms with Crippen LogP contribution in [0.1, 0.15) is 149 Å². The lowest BCUT2D eigenvalue weighted by Gasteiger charge is -2.37. The van der Waals surface area contributed by atoms with E-state index < -0.39 is 216 Å². The van der Waals surface area contributed by atoms with Crippen LogP contribution < -0.4 is 76.1 Å². The molecule has 0 spiro atoms. The van der Waals surface area contributed by atoms with Crippen LogP contribution in [0.2, 0.25) is 0 Å². The van der Waals surface area contributed by atoms with Gasteiger partial charge in [-0.3, -0.25) is 81.5 Å². The predicted octanol–water partition coefficient (Wildman–Crippen LogP) is -1.40. The molecule has 0 unspecified atom stereocenters. The van der Waals surface area contributed by atoms with Gasteiger partial charge in [0, 0.05) is 100.0 Å². The number of nitrogens with one attached hydrogen (secondary N) is 12. The Balaban J connectivity index is 1.17. The Bertz CT molecular complexity index is 4790. The highest BCUT2D eigenvalue weighted by molar-refractivity contribution is 8.00. The van der Waals surface area contributed by atoms with Crippen LogP contribution in [0.25, 0.3) is 21.8 Å². The monoisotopic (exact) mass is 1780 g/mol. The van der Waals surface area contributed by atoms with Gasteiger partial charge in [0.1, 0.15) is 89.8 Å². The molecule has 8 rings (SSSR count). The Morgan fingerprint density at radius 3 is 1.57 bits per heavy atom. The third kappa shape index (κ3) is 27.2. The summed E-state index contributed by atoms with van der Waals surface area (Å²) in [6.07, 6.45) is 4.34. The second-order valence-corrected chi connectivity index (χ2v) is 34.7. The largest absolute Gasteiger partial charge is 0.508 e. The number of rotatable bonds is 22. The van der Waals surface area contributed by atoms with Gasteiger partial charge in [-0.2, -0.15) is 0 Å². The van der Waals surface area contributed by atoms with E-state index in [-0.39, 0.29) is 95.5 Å². The number of nitrogens with zero attached hydrogens (tertiary/aromatic N) is 5. The molecule has 5 heterocycles. The van der Waals surface area contributed by atoms with Gasteiger partial charge >= 0.3 is 0 Å². The first-order valence-electron chi connectivity index (χ1n) is 43.2. The van der Waals surface area contributed by atoms with Crippen molar-refractivity contribution in [2.24, 2.45) is 28.9 Å². The molecule has 3 fully saturated rings. The van der Waals surface area contributed by atoms with Crippen LogP contribution in [0.15, 0.2) is 85.2 Å². The molecule has 692 valence electrons. The molecule has 3 aromatic carbocycles. The van der Waals surface area contributed by atoms with E-state index in [2.05, 4.69) is 63.1 Å². The molecule has 3 aliphatic heterocycles. The van der Waals surface area contributed by atoms with E-state index in [9.17, 15) is 53.1 Å². The number of aromatic hydroxyl groups is 1. The number of phenols is 1. The molecule has 17 amide bonds. The Morgan fingerprint density at radius 2 is 1.02 bits per heavy atom. The minimum absolute atomic E-state index is 0.0153. The van der Waals surface area contributed by atoms with Crippen molar-refractivity contribution in [2.75, 3.05) is 65.4 Å². The molecule has 2 aromatic heterocycles. The van der Waals surface area contributed by atoms with Gasteiger partial charge in [-0.1, -0.05) is 102 Å². The molecule has 13 atom stereocenters. The fraction of sp³-hybridized carbons (Fsp3) is 0.552. The van der Waals surface area contributed by atoms with E-state index in [1.807, 2.05) is 44.2 Å². The maximum absolute atomic E-state index is 15.7. The number of para-hydroxylation sites is 2. The van der Waals surface area contributed by atoms with E-state index in [1.165, 1.54) is 80.9 Å². The molecule has 0 bridgehead atoms. The number of amides is 17. The lowest BCUT2D eigenvalue weighted by Crippen LogP contribution is -2.63. The molecule has 3 aliphatic rings. The van der Waals surface area contributed by atoms with Crippen molar-refractivity contribution in [1.82, 2.24) is 87.6 Å². The standard InChI is InChI=1S/C87H125N21O18S/c1-11-13-25-66-80(120)103-87(6,7)86(126)102-65(74(114)94-45-71(91)111)46-127-47-72(112)95-61(38-50-29-31-53(109)32-30-50)81(121)104(8)49(5)73(113)98-63(41-70(90)110)84(124)108-36-20-28-68(108)79(119)101-64(42-89)77(117)99-60(37-48(3)4)83(123)107-35-19-27-67(107)78(118)97-59(39-51-43-92-56-23-17-15-21-54(51)56)76(116)96-58(33-34-88)75(115)100-62(40-52-44-93-57-24-18-16-22-55(52)57)82(122)106(10)69(26-14-12-2)85(125)105(66)9/h15-18,21-24,29-32,43-44,48-49,58-69,92-93,109H,11-14,19-20,25-28,33-42,45-47,88-89H2,1-10H3,(H2,90,110)(H2,91,111)(H,94,114)(H,95,112)(H,96,116)(H,97,118)(H,98,113)(H,99,117)(H,100,115)(H,101,119)(H,102,126)(H,103,120)/t49-,58-,59-,60-,61-,62-,63-,64-,65-,66-,67-,68-,69-/m0/s1. The number of aromatic nitrogens is 2. The zero-order chi connectivity index (χ0) is 93.3. The number of fused-ring (bicyclic) bond motifs is 4. The van der Waals surface area contributed by atoms with Crippen molar-refractivity contribution in [1.29, 1.82) is 0 Å². The number of unbranched alkanes of at least 4 members (excludes halogenated alkanes) is 2. The number of hydrogen-bond donors (Lipinski definition) is 17. The molecule has 40 heteroatoms. The summed E-state index contributed by atoms with van der Waals surface area (Å²) in [5, 5.41) is 38.3. The first-order chi connectivity index (χ1) is 60.3. The number of nitrogens with two attached hydrogens (primary N) is 4. The van der Waals surface area contributed by atoms with Crippen molar-refractivity contribution in [3.63, 3.8) is 0 Å². The second-order valence-electron chi connectivity index (χ2n) is 33.7. The third-order valence-electron chi connectivity index (χ3n) is 23.2. The highest BCUT2D eigenvalue weighted by atomic mass is 32.2. The number of hydrogen-bond acceptors (Lipinski definition) is 21. The van der Waals surface area contributed by atoms with Gasteiger partial charge in [-0.25, -0.2) is 0 Å². The third-order valence-corrected chi connectivity index (χ3v) is 24.2. The topological polar surface area (TPSA) is 583 Å². The summed E-state index contributed by atoms with van der Waals surface area (Å²) < 4.78 is 0. The number of phenolic OH excluding ortho intramolecular Hbond substituents is 1. The van der Waals surface area contributed by atoms with E-state index in [0.717, 1.165) is 21.6 Å². The number of carbonyl (C=O) groups excluding carboxylic acids is 17. The van der Waals surface area contributed by atoms with Crippen molar-refractivity contribution < 1.29 is 86.6 Å². The Labute approximate surface area is 741 Å². The normalized spacial score (nSPS) is 24.9. The number of thioether (sulfide) groups is 1. The number of carbonyl (C=O) groups is 17. The average Bonchev–Trinajstić information content (AvgIpc) is 1.73. The van der Waals surface area contributed by atoms with Gasteiger partial charge < -0.3 is 116 Å². The van der Waals surface area contributed by atoms with Crippen molar-refractivity contribution in [3.8, 4) is 5.75 Å². The highest BCUT2D eigenvalue weighted by Crippen LogP contribution is 2.28. The Hall–Kier alpha value is -12.2. The molecule has 127 heavy (non-hydrogen) atoms. The minimum atomic E-state index is -1.90. The summed E-state index contributed by atoms with van der Waals surface area (Å²) in [6, 6.07) is 1.33. The smallest absolute Gasteiger partial charge is 0.246 e. The zero-order valence-electron chi connectivity index (χ0n) is 73.8. The molecule has 39 nitrogen and oxygen atoms in total. The maximum Gasteiger partial charge on any atom is 0.246 e. The molecular weight excluding hydrogens is 1660 g/mol. The minimum Gasteiger partial charge on any atom is -0.508 e. The first-order valence-corrected chi connectivity index (χ1v) is 44.3. The summed E-state index contributed by atoms with van der Waals surface area (Å²) >= 11 is 0.793. The van der Waals surface area contributed by atoms with Crippen LogP contribution in [-0.2, 0) is 101 Å². The summed E-state index contributed by atoms with van der Waals surface area (Å²) in [5.41, 5.74) is 24.6. The molecule has 0 aliphatic carbocycles. The van der Waals surface area contributed by atoms with E-state index in [0.29, 0.717) is 70.6 Å². The number of H-pyrrole nitrogens is 2. The summed E-state index contributed by atoms with van der Waals surface area (Å²) in [5.74, 6) is -16.1. The van der Waals surface area contributed by atoms with Crippen LogP contribution >= 0.6 is 11.8 Å². The fourth-order valence-electron chi connectivity index (χ4n) is 15.9. The van der Waals surface area contributed by atoms with Crippen LogP contribution in [0, 0.1) is 5.92 Å². The summed E-state index contributed by atoms with van der Waals surface area (Å²) in [6.45, 7) is 9.82. The summed E-state index contributed by atoms with van der Waals surface area (Å²) in [7, 11) is 4.02. The molecule has 21 N–H and O–H groups in total. The Kier molecular flexibility index (Phi) is 37.0. The summed E-state index contributed by atoms with van der Waals surface area (Å²) in [4.78, 5) is 260. The molecule has 0 radical (unpaired) electrons. The van der Waals surface area contributed by atoms with Crippen molar-refractivity contribution in [2.45, 2.75) is 235 Å². The highest BCUT2D eigenvalue weighted by Gasteiger charge is 2.46. The maximum atomic E-state index is 15.7. The average molecular weight is 1790 g/mol. The van der Waals surface area contributed by atoms with Gasteiger partial charge in [0.25, 0.3) is 0 Å². The van der Waals surface area contributed by atoms with Gasteiger partial charge in [0.05, 0.1) is 18.7 Å². The zero-order valence-corrected chi connectivity index (χ0v) is 74.6. The van der Waals surface area contributed by atoms with E-state index >= 15 is 33.6 Å². The molecule has 3 saturated heterocycles. The predicted molar refractivity (Wildman–Crippen MR) is 473 cm³/mol. The van der Waals surface area contributed by atoms with Crippen LogP contribution in [-0.4, -0.2) is 289 Å². The number of aromatic amines is 2. The lowest BCUT2D eigenvalue weighted by atomic mass is 9.99. The van der Waals surface area contributed by atoms with E-state index in [1.54, 1.807) is 44.4 Å². The fourth-order valence-corrected chi connectivity index (χ4v) is 16.7. The molecular formula is C87H125N21O18S. The van der Waals surface area contributed by atoms with Gasteiger partial charge in [0.2, 0.25) is 100 Å². The first kappa shape index (κ1) is 100. The Morgan fingerprint density at radius 1 is 0.535 bits per heavy atom. The SMILES string of the molecule is CCCC[C@H]1C(=O)N(C)[C@@H](CCCC)C(=O)NC(C)(C)C(=O)N[C@H](C(=O)NCC(N)=O)CSCC(=O)N[C@@H](Cc2ccc(O)cc2)C(=O)N(C)[C@@H](C)C(=O)N[C@@H](CC(N)=O)C(=O)N2CCC[C@H]2C(=O)N[C@@H](CN)C(=O)N[C@@H](CC(C)C)C(=O)N2CCC[C@H]2C(=O)N[C@@H](Cc2c[nH]c3ccccc23)C(=O)N[C@@H](CCN)C(=O)N[C@@H](Cc2c[nH]c3ccccc23)C(=O)N1C. The number of primary amides is 2. The number of benzene rings is 3. The lowest BCUT2D eigenvalue weighted by molar-refractivity contribution is -0.150. The van der Waals surface area contributed by atoms with Gasteiger partial charge in [0.15, 0.2) is 0 Å². The van der Waals surface area contributed by atoms with Crippen molar-refractivity contribution >= 4 is 134 Å². The molecule has 5 aromatic rings. The van der Waals surface area contributed by atoms with Gasteiger partial charge in [-0.05, 0) is 126 Å². The second kappa shape index (κ2) is 46.9. The van der Waals surface area contributed by atoms with E-state index in [4.69, 9.17) is 22.9 Å². The molecule has 0 saturated carbocycles. The quantitative estimate of drug-likeness (QED) is 0.0379.